The lowest BCUT2D eigenvalue weighted by atomic mass is 10.1. The molecule has 5 nitrogen and oxygen atoms in total. The largest absolute Gasteiger partial charge is 0.467 e. The van der Waals surface area contributed by atoms with Crippen molar-refractivity contribution in [1.29, 1.82) is 0 Å². The molecule has 0 bridgehead atoms. The quantitative estimate of drug-likeness (QED) is 0.452. The summed E-state index contributed by atoms with van der Waals surface area (Å²) in [5.74, 6) is -2.34. The average Bonchev–Trinajstić information content (AvgIpc) is 2.27. The van der Waals surface area contributed by atoms with E-state index in [0.29, 0.717) is 6.07 Å². The summed E-state index contributed by atoms with van der Waals surface area (Å²) >= 11 is 0. The van der Waals surface area contributed by atoms with Crippen molar-refractivity contribution in [2.75, 3.05) is 7.11 Å². The van der Waals surface area contributed by atoms with E-state index in [4.69, 9.17) is 0 Å². The maximum atomic E-state index is 13.3. The van der Waals surface area contributed by atoms with E-state index >= 15 is 0 Å². The Morgan fingerprint density at radius 1 is 1.56 bits per heavy atom. The number of nitrogens with zero attached hydrogens (tertiary/aromatic N) is 1. The van der Waals surface area contributed by atoms with Crippen LogP contribution >= 0.6 is 0 Å². The van der Waals surface area contributed by atoms with Gasteiger partial charge in [0.25, 0.3) is 5.69 Å². The monoisotopic (exact) mass is 231 g/mol. The van der Waals surface area contributed by atoms with E-state index < -0.39 is 34.1 Å². The molecule has 0 aliphatic rings. The van der Waals surface area contributed by atoms with Crippen molar-refractivity contribution in [3.8, 4) is 0 Å². The minimum Gasteiger partial charge on any atom is -0.467 e. The van der Waals surface area contributed by atoms with Gasteiger partial charge in [0, 0.05) is 17.7 Å². The topological polar surface area (TPSA) is 69.4 Å². The Morgan fingerprint density at radius 3 is 2.69 bits per heavy atom. The van der Waals surface area contributed by atoms with Gasteiger partial charge in [-0.25, -0.2) is 13.6 Å². The molecule has 1 unspecified atom stereocenters. The number of esters is 1. The van der Waals surface area contributed by atoms with Crippen molar-refractivity contribution in [3.63, 3.8) is 0 Å². The van der Waals surface area contributed by atoms with Gasteiger partial charge in [-0.15, -0.1) is 0 Å². The van der Waals surface area contributed by atoms with E-state index in [1.54, 1.807) is 0 Å². The molecule has 16 heavy (non-hydrogen) atoms. The van der Waals surface area contributed by atoms with Crippen molar-refractivity contribution < 1.29 is 23.2 Å². The Morgan fingerprint density at radius 2 is 2.19 bits per heavy atom. The zero-order valence-corrected chi connectivity index (χ0v) is 8.15. The van der Waals surface area contributed by atoms with Gasteiger partial charge in [-0.1, -0.05) is 0 Å². The SMILES string of the molecule is COC(=O)C(F)c1cc([N+](=O)[O-])ccc1F. The van der Waals surface area contributed by atoms with Gasteiger partial charge in [-0.2, -0.15) is 0 Å². The van der Waals surface area contributed by atoms with Crippen LogP contribution in [0.25, 0.3) is 0 Å². The first-order valence-electron chi connectivity index (χ1n) is 4.13. The van der Waals surface area contributed by atoms with E-state index in [2.05, 4.69) is 4.74 Å². The Balaban J connectivity index is 3.16. The van der Waals surface area contributed by atoms with Crippen LogP contribution in [0.5, 0.6) is 0 Å². The molecule has 1 aromatic rings. The zero-order chi connectivity index (χ0) is 12.3. The summed E-state index contributed by atoms with van der Waals surface area (Å²) in [6.45, 7) is 0. The summed E-state index contributed by atoms with van der Waals surface area (Å²) in [6, 6.07) is 2.27. The lowest BCUT2D eigenvalue weighted by Gasteiger charge is -2.06. The number of carbonyl (C=O) groups excluding carboxylic acids is 1. The summed E-state index contributed by atoms with van der Waals surface area (Å²) in [4.78, 5) is 20.4. The lowest BCUT2D eigenvalue weighted by Crippen LogP contribution is -2.11. The Labute approximate surface area is 88.8 Å². The lowest BCUT2D eigenvalue weighted by molar-refractivity contribution is -0.385. The highest BCUT2D eigenvalue weighted by Crippen LogP contribution is 2.26. The Bertz CT molecular complexity index is 436. The number of hydrogen-bond acceptors (Lipinski definition) is 4. The van der Waals surface area contributed by atoms with Gasteiger partial charge in [0.2, 0.25) is 6.17 Å². The molecule has 0 heterocycles. The van der Waals surface area contributed by atoms with E-state index in [1.807, 2.05) is 0 Å². The predicted molar refractivity (Wildman–Crippen MR) is 48.9 cm³/mol. The van der Waals surface area contributed by atoms with Crippen LogP contribution in [-0.4, -0.2) is 18.0 Å². The third kappa shape index (κ3) is 2.30. The van der Waals surface area contributed by atoms with E-state index in [9.17, 15) is 23.7 Å². The molecule has 0 aliphatic heterocycles. The molecule has 0 saturated carbocycles. The minimum absolute atomic E-state index is 0.497. The minimum atomic E-state index is -2.37. The number of non-ortho nitro benzene ring substituents is 1. The molecule has 1 aromatic carbocycles. The first-order chi connectivity index (χ1) is 7.47. The number of methoxy groups -OCH3 is 1. The molecule has 1 rings (SSSR count). The van der Waals surface area contributed by atoms with Crippen LogP contribution in [0.4, 0.5) is 14.5 Å². The van der Waals surface area contributed by atoms with Crippen molar-refractivity contribution in [1.82, 2.24) is 0 Å². The van der Waals surface area contributed by atoms with Gasteiger partial charge < -0.3 is 4.74 Å². The third-order valence-electron chi connectivity index (χ3n) is 1.87. The number of hydrogen-bond donors (Lipinski definition) is 0. The highest BCUT2D eigenvalue weighted by atomic mass is 19.1. The molecule has 86 valence electrons. The molecule has 0 N–H and O–H groups in total. The van der Waals surface area contributed by atoms with Crippen molar-refractivity contribution >= 4 is 11.7 Å². The fourth-order valence-corrected chi connectivity index (χ4v) is 1.07. The third-order valence-corrected chi connectivity index (χ3v) is 1.87. The number of benzene rings is 1. The summed E-state index contributed by atoms with van der Waals surface area (Å²) < 4.78 is 30.5. The van der Waals surface area contributed by atoms with Gasteiger partial charge in [-0.3, -0.25) is 10.1 Å². The molecular weight excluding hydrogens is 224 g/mol. The number of carbonyl (C=O) groups is 1. The van der Waals surface area contributed by atoms with Crippen LogP contribution in [-0.2, 0) is 9.53 Å². The maximum absolute atomic E-state index is 13.3. The number of nitro benzene ring substituents is 1. The summed E-state index contributed by atoms with van der Waals surface area (Å²) in [7, 11) is 0.935. The molecule has 0 aromatic heterocycles. The van der Waals surface area contributed by atoms with Crippen LogP contribution in [0.3, 0.4) is 0 Å². The van der Waals surface area contributed by atoms with Crippen molar-refractivity contribution in [3.05, 3.63) is 39.7 Å². The fourth-order valence-electron chi connectivity index (χ4n) is 1.07. The number of ether oxygens (including phenoxy) is 1. The fraction of sp³-hybridized carbons (Fsp3) is 0.222. The van der Waals surface area contributed by atoms with Crippen molar-refractivity contribution in [2.45, 2.75) is 6.17 Å². The number of nitro groups is 1. The standard InChI is InChI=1S/C9H7F2NO4/c1-16-9(13)8(11)6-4-5(12(14)15)2-3-7(6)10/h2-4,8H,1H3. The molecule has 0 spiro atoms. The molecule has 0 saturated heterocycles. The predicted octanol–water partition coefficient (Wildman–Crippen LogP) is 1.92. The summed E-state index contributed by atoms with van der Waals surface area (Å²) in [5, 5.41) is 10.4. The smallest absolute Gasteiger partial charge is 0.345 e. The van der Waals surface area contributed by atoms with Crippen LogP contribution in [0.2, 0.25) is 0 Å². The Hall–Kier alpha value is -2.05. The average molecular weight is 231 g/mol. The van der Waals surface area contributed by atoms with Gasteiger partial charge >= 0.3 is 5.97 Å². The molecule has 0 radical (unpaired) electrons. The van der Waals surface area contributed by atoms with Crippen LogP contribution in [0, 0.1) is 15.9 Å². The first-order valence-corrected chi connectivity index (χ1v) is 4.13. The second-order valence-corrected chi connectivity index (χ2v) is 2.85. The normalized spacial score (nSPS) is 11.9. The molecule has 0 amide bonds. The molecule has 1 atom stereocenters. The van der Waals surface area contributed by atoms with Crippen LogP contribution < -0.4 is 0 Å². The molecular formula is C9H7F2NO4. The van der Waals surface area contributed by atoms with Crippen molar-refractivity contribution in [2.24, 2.45) is 0 Å². The maximum Gasteiger partial charge on any atom is 0.345 e. The first kappa shape index (κ1) is 12.0. The second-order valence-electron chi connectivity index (χ2n) is 2.85. The zero-order valence-electron chi connectivity index (χ0n) is 8.15. The van der Waals surface area contributed by atoms with Gasteiger partial charge in [0.15, 0.2) is 0 Å². The Kier molecular flexibility index (Phi) is 3.49. The molecule has 7 heteroatoms. The molecule has 0 fully saturated rings. The van der Waals surface area contributed by atoms with Gasteiger partial charge in [0.05, 0.1) is 12.0 Å². The second kappa shape index (κ2) is 4.65. The highest BCUT2D eigenvalue weighted by molar-refractivity contribution is 5.76. The number of alkyl halides is 1. The van der Waals surface area contributed by atoms with E-state index in [1.165, 1.54) is 0 Å². The van der Waals surface area contributed by atoms with Gasteiger partial charge in [-0.05, 0) is 6.07 Å². The number of rotatable bonds is 3. The molecule has 0 aliphatic carbocycles. The van der Waals surface area contributed by atoms with Crippen LogP contribution in [0.1, 0.15) is 11.7 Å². The van der Waals surface area contributed by atoms with Gasteiger partial charge in [0.1, 0.15) is 5.82 Å². The summed E-state index contributed by atoms with van der Waals surface area (Å²) in [5.41, 5.74) is -1.20. The highest BCUT2D eigenvalue weighted by Gasteiger charge is 2.25. The summed E-state index contributed by atoms with van der Waals surface area (Å²) in [6.07, 6.45) is -2.37. The number of halogens is 2. The van der Waals surface area contributed by atoms with Crippen LogP contribution in [0.15, 0.2) is 18.2 Å². The van der Waals surface area contributed by atoms with E-state index in [0.717, 1.165) is 19.2 Å². The van der Waals surface area contributed by atoms with E-state index in [-0.39, 0.29) is 0 Å².